The van der Waals surface area contributed by atoms with Crippen molar-refractivity contribution in [2.24, 2.45) is 0 Å². The minimum Gasteiger partial charge on any atom is -0.378 e. The van der Waals surface area contributed by atoms with Gasteiger partial charge < -0.3 is 10.1 Å². The Morgan fingerprint density at radius 1 is 1.46 bits per heavy atom. The number of ether oxygens (including phenoxy) is 1. The summed E-state index contributed by atoms with van der Waals surface area (Å²) in [6, 6.07) is 3.66. The van der Waals surface area contributed by atoms with Crippen molar-refractivity contribution in [3.63, 3.8) is 0 Å². The third kappa shape index (κ3) is 5.00. The molecule has 1 N–H and O–H groups in total. The van der Waals surface area contributed by atoms with E-state index in [9.17, 15) is 13.2 Å². The molecule has 1 atom stereocenters. The van der Waals surface area contributed by atoms with Crippen LogP contribution in [0.4, 0.5) is 0 Å². The molecule has 1 fully saturated rings. The molecule has 0 unspecified atom stereocenters. The van der Waals surface area contributed by atoms with Crippen LogP contribution in [0.2, 0.25) is 0 Å². The van der Waals surface area contributed by atoms with E-state index in [2.05, 4.69) is 24.4 Å². The first kappa shape index (κ1) is 19.3. The van der Waals surface area contributed by atoms with Crippen LogP contribution in [-0.2, 0) is 26.2 Å². The van der Waals surface area contributed by atoms with Crippen LogP contribution < -0.4 is 5.32 Å². The van der Waals surface area contributed by atoms with E-state index in [4.69, 9.17) is 4.74 Å². The quantitative estimate of drug-likeness (QED) is 0.757. The van der Waals surface area contributed by atoms with E-state index in [0.717, 1.165) is 6.42 Å². The fraction of sp³-hybridized carbons (Fsp3) is 0.667. The van der Waals surface area contributed by atoms with Gasteiger partial charge in [-0.25, -0.2) is 0 Å². The van der Waals surface area contributed by atoms with E-state index in [1.807, 2.05) is 0 Å². The fourth-order valence-electron chi connectivity index (χ4n) is 2.54. The number of carbonyl (C=O) groups is 1. The summed E-state index contributed by atoms with van der Waals surface area (Å²) in [4.78, 5) is 14.6. The third-order valence-electron chi connectivity index (χ3n) is 3.84. The second-order valence-corrected chi connectivity index (χ2v) is 9.41. The van der Waals surface area contributed by atoms with E-state index in [1.165, 1.54) is 32.5 Å². The van der Waals surface area contributed by atoms with Gasteiger partial charge in [0, 0.05) is 43.4 Å². The summed E-state index contributed by atoms with van der Waals surface area (Å²) in [5.74, 6) is -0.155. The maximum Gasteiger partial charge on any atom is 0.281 e. The van der Waals surface area contributed by atoms with Crippen LogP contribution in [0.5, 0.6) is 0 Å². The average molecular weight is 376 g/mol. The zero-order valence-corrected chi connectivity index (χ0v) is 16.0. The largest absolute Gasteiger partial charge is 0.378 e. The Bertz CT molecular complexity index is 657. The lowest BCUT2D eigenvalue weighted by Gasteiger charge is -2.35. The number of nitrogens with one attached hydrogen (secondary N) is 1. The first-order valence-corrected chi connectivity index (χ1v) is 10.1. The van der Waals surface area contributed by atoms with Gasteiger partial charge in [-0.2, -0.15) is 17.0 Å². The second-order valence-electron chi connectivity index (χ2n) is 5.95. The van der Waals surface area contributed by atoms with Gasteiger partial charge in [-0.05, 0) is 25.5 Å². The Balaban J connectivity index is 1.86. The summed E-state index contributed by atoms with van der Waals surface area (Å²) in [5, 5.41) is 2.87. The number of amides is 1. The average Bonchev–Trinajstić information content (AvgIpc) is 2.93. The molecule has 1 aliphatic rings. The van der Waals surface area contributed by atoms with Gasteiger partial charge in [0.05, 0.1) is 19.3 Å². The van der Waals surface area contributed by atoms with Crippen LogP contribution in [-0.4, -0.2) is 69.4 Å². The highest BCUT2D eigenvalue weighted by Crippen LogP contribution is 2.17. The van der Waals surface area contributed by atoms with Gasteiger partial charge in [0.15, 0.2) is 0 Å². The first-order valence-electron chi connectivity index (χ1n) is 7.89. The molecule has 0 spiro atoms. The Labute approximate surface area is 147 Å². The van der Waals surface area contributed by atoms with Crippen LogP contribution in [0.25, 0.3) is 0 Å². The highest BCUT2D eigenvalue weighted by Gasteiger charge is 2.35. The third-order valence-corrected chi connectivity index (χ3v) is 6.90. The van der Waals surface area contributed by atoms with Crippen LogP contribution in [0.3, 0.4) is 0 Å². The summed E-state index contributed by atoms with van der Waals surface area (Å²) in [6.45, 7) is 3.46. The molecule has 9 heteroatoms. The summed E-state index contributed by atoms with van der Waals surface area (Å²) in [6.07, 6.45) is 0.891. The topological polar surface area (TPSA) is 79.0 Å². The molecule has 0 radical (unpaired) electrons. The molecule has 24 heavy (non-hydrogen) atoms. The lowest BCUT2D eigenvalue weighted by molar-refractivity contribution is -0.123. The molecule has 1 amide bonds. The number of hydrogen-bond donors (Lipinski definition) is 1. The van der Waals surface area contributed by atoms with E-state index in [-0.39, 0.29) is 25.5 Å². The minimum atomic E-state index is -3.55. The first-order chi connectivity index (χ1) is 11.3. The minimum absolute atomic E-state index is 0.108. The maximum atomic E-state index is 12.3. The lowest BCUT2D eigenvalue weighted by atomic mass is 10.2. The summed E-state index contributed by atoms with van der Waals surface area (Å²) in [5.41, 5.74) is 0. The van der Waals surface area contributed by atoms with E-state index in [0.29, 0.717) is 13.2 Å². The maximum absolute atomic E-state index is 12.3. The van der Waals surface area contributed by atoms with E-state index < -0.39 is 16.3 Å². The molecule has 1 saturated heterocycles. The number of aryl methyl sites for hydroxylation is 1. The second kappa shape index (κ2) is 8.39. The number of nitrogens with zero attached hydrogens (tertiary/aromatic N) is 2. The van der Waals surface area contributed by atoms with Gasteiger partial charge in [0.2, 0.25) is 5.91 Å². The van der Waals surface area contributed by atoms with E-state index in [1.54, 1.807) is 11.3 Å². The number of hydrogen-bond acceptors (Lipinski definition) is 5. The highest BCUT2D eigenvalue weighted by molar-refractivity contribution is 7.86. The van der Waals surface area contributed by atoms with Gasteiger partial charge in [-0.1, -0.05) is 0 Å². The molecule has 1 aliphatic heterocycles. The van der Waals surface area contributed by atoms with Gasteiger partial charge >= 0.3 is 0 Å². The molecule has 0 bridgehead atoms. The van der Waals surface area contributed by atoms with Crippen LogP contribution >= 0.6 is 11.3 Å². The standard InChI is InChI=1S/C15H25N3O4S2/c1-12-4-5-14(23-12)6-7-16-15(19)10-13-11-22-9-8-18(13)24(20,21)17(2)3/h4-5,13H,6-11H2,1-3H3,(H,16,19)/t13-/m1/s1. The SMILES string of the molecule is Cc1ccc(CCNC(=O)C[C@@H]2COCCN2S(=O)(=O)N(C)C)s1. The molecule has 0 aromatic carbocycles. The van der Waals surface area contributed by atoms with Crippen molar-refractivity contribution in [3.05, 3.63) is 21.9 Å². The number of thiophene rings is 1. The zero-order chi connectivity index (χ0) is 17.7. The predicted molar refractivity (Wildman–Crippen MR) is 94.3 cm³/mol. The van der Waals surface area contributed by atoms with Gasteiger partial charge in [-0.3, -0.25) is 4.79 Å². The van der Waals surface area contributed by atoms with Crippen molar-refractivity contribution in [1.29, 1.82) is 0 Å². The van der Waals surface area contributed by atoms with Gasteiger partial charge in [0.25, 0.3) is 10.2 Å². The molecule has 2 rings (SSSR count). The lowest BCUT2D eigenvalue weighted by Crippen LogP contribution is -2.53. The molecular formula is C15H25N3O4S2. The zero-order valence-electron chi connectivity index (χ0n) is 14.3. The number of rotatable bonds is 7. The molecule has 2 heterocycles. The Morgan fingerprint density at radius 2 is 2.21 bits per heavy atom. The normalized spacial score (nSPS) is 19.6. The molecule has 0 aliphatic carbocycles. The summed E-state index contributed by atoms with van der Waals surface area (Å²) >= 11 is 1.72. The van der Waals surface area contributed by atoms with Crippen molar-refractivity contribution < 1.29 is 17.9 Å². The number of carbonyl (C=O) groups excluding carboxylic acids is 1. The molecule has 1 aromatic rings. The van der Waals surface area contributed by atoms with Crippen molar-refractivity contribution in [1.82, 2.24) is 13.9 Å². The van der Waals surface area contributed by atoms with E-state index >= 15 is 0 Å². The van der Waals surface area contributed by atoms with Crippen molar-refractivity contribution >= 4 is 27.5 Å². The van der Waals surface area contributed by atoms with Crippen LogP contribution in [0.1, 0.15) is 16.2 Å². The Hall–Kier alpha value is -1.00. The smallest absolute Gasteiger partial charge is 0.281 e. The molecule has 1 aromatic heterocycles. The predicted octanol–water partition coefficient (Wildman–Crippen LogP) is 0.613. The molecular weight excluding hydrogens is 350 g/mol. The molecule has 0 saturated carbocycles. The van der Waals surface area contributed by atoms with Crippen LogP contribution in [0, 0.1) is 6.92 Å². The van der Waals surface area contributed by atoms with Crippen molar-refractivity contribution in [2.45, 2.75) is 25.8 Å². The van der Waals surface area contributed by atoms with Gasteiger partial charge in [-0.15, -0.1) is 11.3 Å². The van der Waals surface area contributed by atoms with Crippen molar-refractivity contribution in [2.75, 3.05) is 40.4 Å². The van der Waals surface area contributed by atoms with Gasteiger partial charge in [0.1, 0.15) is 0 Å². The molecule has 7 nitrogen and oxygen atoms in total. The fourth-order valence-corrected chi connectivity index (χ4v) is 4.67. The number of morpholine rings is 1. The highest BCUT2D eigenvalue weighted by atomic mass is 32.2. The molecule has 136 valence electrons. The Morgan fingerprint density at radius 3 is 2.83 bits per heavy atom. The Kier molecular flexibility index (Phi) is 6.76. The summed E-state index contributed by atoms with van der Waals surface area (Å²) in [7, 11) is -0.565. The van der Waals surface area contributed by atoms with Crippen molar-refractivity contribution in [3.8, 4) is 0 Å². The summed E-state index contributed by atoms with van der Waals surface area (Å²) < 4.78 is 32.6. The van der Waals surface area contributed by atoms with Crippen LogP contribution in [0.15, 0.2) is 12.1 Å². The monoisotopic (exact) mass is 375 g/mol.